The number of rotatable bonds is 2. The Balaban J connectivity index is 2.04. The van der Waals surface area contributed by atoms with Crippen LogP contribution in [0.1, 0.15) is 17.5 Å². The average Bonchev–Trinajstić information content (AvgIpc) is 2.58. The van der Waals surface area contributed by atoms with E-state index in [1.165, 1.54) is 6.26 Å². The first kappa shape index (κ1) is 11.7. The molecule has 0 aliphatic carbocycles. The van der Waals surface area contributed by atoms with Crippen LogP contribution in [0.4, 0.5) is 0 Å². The molecule has 0 unspecified atom stereocenters. The molecule has 1 amide bonds. The third kappa shape index (κ3) is 1.78. The number of likely N-dealkylation sites (tertiary alicyclic amines) is 1. The fraction of sp³-hybridized carbons (Fsp3) is 0.545. The van der Waals surface area contributed by atoms with Crippen molar-refractivity contribution in [2.45, 2.75) is 12.5 Å². The van der Waals surface area contributed by atoms with Gasteiger partial charge in [-0.05, 0) is 43.0 Å². The molecule has 1 aromatic heterocycles. The van der Waals surface area contributed by atoms with Crippen LogP contribution in [0.25, 0.3) is 0 Å². The van der Waals surface area contributed by atoms with Crippen LogP contribution in [0.5, 0.6) is 0 Å². The fourth-order valence-corrected chi connectivity index (χ4v) is 2.16. The van der Waals surface area contributed by atoms with Crippen LogP contribution in [0.3, 0.4) is 0 Å². The third-order valence-electron chi connectivity index (χ3n) is 3.24. The van der Waals surface area contributed by atoms with Crippen molar-refractivity contribution in [3.63, 3.8) is 0 Å². The molecule has 4 nitrogen and oxygen atoms in total. The van der Waals surface area contributed by atoms with Crippen molar-refractivity contribution in [1.29, 1.82) is 0 Å². The minimum atomic E-state index is -0.0452. The monoisotopic (exact) mass is 286 g/mol. The molecule has 1 saturated heterocycles. The Hall–Kier alpha value is -0.810. The van der Waals surface area contributed by atoms with Crippen molar-refractivity contribution in [2.75, 3.05) is 27.2 Å². The average molecular weight is 287 g/mol. The molecule has 1 aliphatic rings. The van der Waals surface area contributed by atoms with Gasteiger partial charge in [-0.25, -0.2) is 0 Å². The number of hydrogen-bond donors (Lipinski definition) is 0. The molecular weight excluding hydrogens is 272 g/mol. The number of nitrogens with zero attached hydrogens (tertiary/aromatic N) is 2. The molecule has 0 bridgehead atoms. The quantitative estimate of drug-likeness (QED) is 0.832. The molecule has 0 aromatic carbocycles. The second kappa shape index (κ2) is 3.89. The molecule has 1 aromatic rings. The smallest absolute Gasteiger partial charge is 0.290 e. The molecule has 2 heterocycles. The fourth-order valence-electron chi connectivity index (χ4n) is 1.79. The summed E-state index contributed by atoms with van der Waals surface area (Å²) >= 11 is 3.29. The second-order valence-electron chi connectivity index (χ2n) is 4.65. The lowest BCUT2D eigenvalue weighted by atomic mass is 9.90. The van der Waals surface area contributed by atoms with E-state index >= 15 is 0 Å². The summed E-state index contributed by atoms with van der Waals surface area (Å²) in [6.07, 6.45) is 1.52. The molecule has 88 valence electrons. The van der Waals surface area contributed by atoms with Gasteiger partial charge in [-0.15, -0.1) is 0 Å². The zero-order chi connectivity index (χ0) is 11.9. The maximum absolute atomic E-state index is 12.0. The number of furan rings is 1. The van der Waals surface area contributed by atoms with Crippen LogP contribution in [-0.2, 0) is 0 Å². The van der Waals surface area contributed by atoms with E-state index in [0.29, 0.717) is 5.76 Å². The summed E-state index contributed by atoms with van der Waals surface area (Å²) in [5.74, 6) is 0.344. The zero-order valence-electron chi connectivity index (χ0n) is 9.66. The molecule has 0 spiro atoms. The van der Waals surface area contributed by atoms with Gasteiger partial charge in [0.05, 0.1) is 16.3 Å². The third-order valence-corrected chi connectivity index (χ3v) is 3.87. The van der Waals surface area contributed by atoms with Crippen LogP contribution in [0.15, 0.2) is 21.2 Å². The van der Waals surface area contributed by atoms with E-state index in [2.05, 4.69) is 27.8 Å². The molecule has 0 radical (unpaired) electrons. The predicted molar refractivity (Wildman–Crippen MR) is 64.4 cm³/mol. The number of carbonyl (C=O) groups is 1. The lowest BCUT2D eigenvalue weighted by Crippen LogP contribution is -2.67. The van der Waals surface area contributed by atoms with E-state index in [4.69, 9.17) is 4.42 Å². The summed E-state index contributed by atoms with van der Waals surface area (Å²) in [6, 6.07) is 1.73. The highest BCUT2D eigenvalue weighted by molar-refractivity contribution is 9.10. The molecule has 2 rings (SSSR count). The van der Waals surface area contributed by atoms with Crippen molar-refractivity contribution in [3.8, 4) is 0 Å². The van der Waals surface area contributed by atoms with Gasteiger partial charge in [-0.1, -0.05) is 0 Å². The SMILES string of the molecule is CN(C)C1(C)CN(C(=O)c2occc2Br)C1. The lowest BCUT2D eigenvalue weighted by molar-refractivity contribution is -0.00859. The van der Waals surface area contributed by atoms with Gasteiger partial charge >= 0.3 is 0 Å². The van der Waals surface area contributed by atoms with Crippen LogP contribution in [0.2, 0.25) is 0 Å². The highest BCUT2D eigenvalue weighted by Gasteiger charge is 2.44. The van der Waals surface area contributed by atoms with Gasteiger partial charge in [-0.3, -0.25) is 4.79 Å². The first-order valence-electron chi connectivity index (χ1n) is 5.14. The van der Waals surface area contributed by atoms with E-state index in [0.717, 1.165) is 17.6 Å². The van der Waals surface area contributed by atoms with Crippen molar-refractivity contribution in [2.24, 2.45) is 0 Å². The number of halogens is 1. The van der Waals surface area contributed by atoms with Crippen LogP contribution < -0.4 is 0 Å². The summed E-state index contributed by atoms with van der Waals surface area (Å²) in [4.78, 5) is 15.9. The summed E-state index contributed by atoms with van der Waals surface area (Å²) < 4.78 is 5.88. The Kier molecular flexibility index (Phi) is 2.84. The van der Waals surface area contributed by atoms with Gasteiger partial charge in [0.15, 0.2) is 0 Å². The molecule has 0 atom stereocenters. The molecule has 16 heavy (non-hydrogen) atoms. The molecule has 0 N–H and O–H groups in total. The van der Waals surface area contributed by atoms with Gasteiger partial charge in [0.1, 0.15) is 0 Å². The highest BCUT2D eigenvalue weighted by Crippen LogP contribution is 2.28. The first-order valence-corrected chi connectivity index (χ1v) is 5.93. The minimum Gasteiger partial charge on any atom is -0.458 e. The Bertz CT molecular complexity index is 408. The summed E-state index contributed by atoms with van der Waals surface area (Å²) in [6.45, 7) is 3.63. The topological polar surface area (TPSA) is 36.7 Å². The number of carbonyl (C=O) groups excluding carboxylic acids is 1. The number of amides is 1. The zero-order valence-corrected chi connectivity index (χ0v) is 11.2. The summed E-state index contributed by atoms with van der Waals surface area (Å²) in [7, 11) is 4.06. The van der Waals surface area contributed by atoms with Crippen LogP contribution in [-0.4, -0.2) is 48.4 Å². The van der Waals surface area contributed by atoms with Gasteiger partial charge in [0.2, 0.25) is 5.76 Å². The van der Waals surface area contributed by atoms with Gasteiger partial charge in [0.25, 0.3) is 5.91 Å². The molecule has 5 heteroatoms. The molecular formula is C11H15BrN2O2. The minimum absolute atomic E-state index is 0.0452. The van der Waals surface area contributed by atoms with Crippen molar-refractivity contribution in [1.82, 2.24) is 9.80 Å². The molecule has 0 saturated carbocycles. The van der Waals surface area contributed by atoms with Gasteiger partial charge in [0, 0.05) is 13.1 Å². The van der Waals surface area contributed by atoms with Crippen LogP contribution >= 0.6 is 15.9 Å². The largest absolute Gasteiger partial charge is 0.458 e. The summed E-state index contributed by atoms with van der Waals surface area (Å²) in [5.41, 5.74) is 0.0920. The van der Waals surface area contributed by atoms with E-state index in [-0.39, 0.29) is 11.4 Å². The maximum Gasteiger partial charge on any atom is 0.290 e. The Morgan fingerprint density at radius 1 is 1.56 bits per heavy atom. The number of likely N-dealkylation sites (N-methyl/N-ethyl adjacent to an activating group) is 1. The lowest BCUT2D eigenvalue weighted by Gasteiger charge is -2.51. The summed E-state index contributed by atoms with van der Waals surface area (Å²) in [5, 5.41) is 0. The predicted octanol–water partition coefficient (Wildman–Crippen LogP) is 1.82. The Morgan fingerprint density at radius 3 is 2.62 bits per heavy atom. The van der Waals surface area contributed by atoms with Crippen LogP contribution in [0, 0.1) is 0 Å². The first-order chi connectivity index (χ1) is 7.44. The normalized spacial score (nSPS) is 18.7. The highest BCUT2D eigenvalue weighted by atomic mass is 79.9. The molecule has 1 fully saturated rings. The maximum atomic E-state index is 12.0. The van der Waals surface area contributed by atoms with E-state index in [1.807, 2.05) is 14.1 Å². The van der Waals surface area contributed by atoms with E-state index in [9.17, 15) is 4.79 Å². The Morgan fingerprint density at radius 2 is 2.19 bits per heavy atom. The number of hydrogen-bond acceptors (Lipinski definition) is 3. The van der Waals surface area contributed by atoms with Gasteiger partial charge < -0.3 is 14.2 Å². The molecule has 1 aliphatic heterocycles. The van der Waals surface area contributed by atoms with E-state index < -0.39 is 0 Å². The Labute approximate surface area is 103 Å². The van der Waals surface area contributed by atoms with Crippen molar-refractivity contribution in [3.05, 3.63) is 22.6 Å². The van der Waals surface area contributed by atoms with E-state index in [1.54, 1.807) is 11.0 Å². The second-order valence-corrected chi connectivity index (χ2v) is 5.50. The van der Waals surface area contributed by atoms with Crippen molar-refractivity contribution < 1.29 is 9.21 Å². The van der Waals surface area contributed by atoms with Crippen molar-refractivity contribution >= 4 is 21.8 Å². The van der Waals surface area contributed by atoms with Gasteiger partial charge in [-0.2, -0.15) is 0 Å². The standard InChI is InChI=1S/C11H15BrN2O2/c1-11(13(2)3)6-14(7-11)10(15)9-8(12)4-5-16-9/h4-5H,6-7H2,1-3H3.